The third-order valence-electron chi connectivity index (χ3n) is 6.35. The molecule has 4 saturated carbocycles. The van der Waals surface area contributed by atoms with Crippen molar-refractivity contribution >= 4 is 17.5 Å². The monoisotopic (exact) mass is 357 g/mol. The maximum absolute atomic E-state index is 11.9. The molecule has 4 fully saturated rings. The van der Waals surface area contributed by atoms with Crippen LogP contribution in [-0.4, -0.2) is 17.5 Å². The second kappa shape index (κ2) is 6.89. The van der Waals surface area contributed by atoms with E-state index in [0.29, 0.717) is 11.2 Å². The molecule has 1 aromatic rings. The van der Waals surface area contributed by atoms with Crippen molar-refractivity contribution in [2.75, 3.05) is 0 Å². The van der Waals surface area contributed by atoms with Gasteiger partial charge in [-0.3, -0.25) is 9.59 Å². The largest absolute Gasteiger partial charge is 0.467 e. The lowest BCUT2D eigenvalue weighted by Gasteiger charge is -2.57. The van der Waals surface area contributed by atoms with Gasteiger partial charge in [0.15, 0.2) is 0 Å². The summed E-state index contributed by atoms with van der Waals surface area (Å²) in [5, 5.41) is 6.72. The Kier molecular flexibility index (Phi) is 4.59. The molecule has 6 nitrogen and oxygen atoms in total. The minimum absolute atomic E-state index is 0.190. The molecule has 0 saturated heterocycles. The van der Waals surface area contributed by atoms with E-state index in [1.807, 2.05) is 6.92 Å². The third-order valence-corrected chi connectivity index (χ3v) is 6.35. The predicted octanol–water partition coefficient (Wildman–Crippen LogP) is 2.99. The summed E-state index contributed by atoms with van der Waals surface area (Å²) in [6.07, 6.45) is 10.6. The Labute approximate surface area is 153 Å². The van der Waals surface area contributed by atoms with E-state index in [1.54, 1.807) is 12.1 Å². The molecule has 0 radical (unpaired) electrons. The molecule has 2 N–H and O–H groups in total. The molecule has 2 amide bonds. The number of furan rings is 1. The Morgan fingerprint density at radius 3 is 2.38 bits per heavy atom. The highest BCUT2D eigenvalue weighted by atomic mass is 16.3. The van der Waals surface area contributed by atoms with E-state index in [4.69, 9.17) is 4.42 Å². The number of hydrogen-bond donors (Lipinski definition) is 2. The van der Waals surface area contributed by atoms with Gasteiger partial charge in [0.1, 0.15) is 5.76 Å². The molecule has 4 aliphatic rings. The van der Waals surface area contributed by atoms with Gasteiger partial charge < -0.3 is 9.73 Å². The van der Waals surface area contributed by atoms with Gasteiger partial charge in [-0.05, 0) is 87.2 Å². The molecule has 0 unspecified atom stereocenters. The molecule has 5 rings (SSSR count). The Morgan fingerprint density at radius 2 is 1.81 bits per heavy atom. The molecule has 26 heavy (non-hydrogen) atoms. The molecular weight excluding hydrogens is 330 g/mol. The van der Waals surface area contributed by atoms with Crippen molar-refractivity contribution in [3.05, 3.63) is 24.2 Å². The highest BCUT2D eigenvalue weighted by Crippen LogP contribution is 2.61. The second-order valence-corrected chi connectivity index (χ2v) is 8.64. The van der Waals surface area contributed by atoms with Crippen LogP contribution in [0, 0.1) is 23.2 Å². The van der Waals surface area contributed by atoms with Gasteiger partial charge in [-0.2, -0.15) is 5.10 Å². The maximum Gasteiger partial charge on any atom is 0.329 e. The fourth-order valence-corrected chi connectivity index (χ4v) is 5.95. The van der Waals surface area contributed by atoms with Crippen LogP contribution < -0.4 is 10.7 Å². The Morgan fingerprint density at radius 1 is 1.15 bits per heavy atom. The molecule has 0 atom stereocenters. The summed E-state index contributed by atoms with van der Waals surface area (Å²) in [5.41, 5.74) is 3.70. The Hall–Kier alpha value is -2.11. The first-order valence-electron chi connectivity index (χ1n) is 9.65. The Balaban J connectivity index is 1.28. The fourth-order valence-electron chi connectivity index (χ4n) is 5.95. The third kappa shape index (κ3) is 3.69. The number of rotatable bonds is 5. The van der Waals surface area contributed by atoms with Gasteiger partial charge in [0.2, 0.25) is 0 Å². The van der Waals surface area contributed by atoms with Gasteiger partial charge in [0.05, 0.1) is 12.8 Å². The average Bonchev–Trinajstić information content (AvgIpc) is 3.09. The van der Waals surface area contributed by atoms with Gasteiger partial charge in [0.25, 0.3) is 0 Å². The molecule has 1 aromatic heterocycles. The normalized spacial score (nSPS) is 32.5. The van der Waals surface area contributed by atoms with Crippen molar-refractivity contribution in [2.24, 2.45) is 28.3 Å². The van der Waals surface area contributed by atoms with Gasteiger partial charge in [-0.1, -0.05) is 0 Å². The van der Waals surface area contributed by atoms with Crippen molar-refractivity contribution in [1.29, 1.82) is 0 Å². The lowest BCUT2D eigenvalue weighted by molar-refractivity contribution is -0.139. The van der Waals surface area contributed by atoms with Crippen LogP contribution in [-0.2, 0) is 16.1 Å². The summed E-state index contributed by atoms with van der Waals surface area (Å²) < 4.78 is 5.12. The molecule has 0 aliphatic heterocycles. The van der Waals surface area contributed by atoms with Crippen LogP contribution in [0.2, 0.25) is 0 Å². The molecule has 0 aromatic carbocycles. The van der Waals surface area contributed by atoms with Crippen molar-refractivity contribution < 1.29 is 14.0 Å². The summed E-state index contributed by atoms with van der Waals surface area (Å²) >= 11 is 0. The first-order chi connectivity index (χ1) is 12.5. The summed E-state index contributed by atoms with van der Waals surface area (Å²) in [4.78, 5) is 23.7. The zero-order valence-electron chi connectivity index (χ0n) is 15.3. The number of carbonyl (C=O) groups is 2. The minimum atomic E-state index is -0.735. The SMILES string of the molecule is C/C(CC12CC3CC(CC(C3)C1)C2)=N\NC(=O)C(=O)NCc1ccco1. The number of amides is 2. The van der Waals surface area contributed by atoms with E-state index in [0.717, 1.165) is 29.9 Å². The van der Waals surface area contributed by atoms with Crippen LogP contribution >= 0.6 is 0 Å². The summed E-state index contributed by atoms with van der Waals surface area (Å²) in [6, 6.07) is 3.48. The van der Waals surface area contributed by atoms with Crippen LogP contribution in [0.1, 0.15) is 57.6 Å². The highest BCUT2D eigenvalue weighted by Gasteiger charge is 2.50. The summed E-state index contributed by atoms with van der Waals surface area (Å²) in [6.45, 7) is 2.15. The molecule has 140 valence electrons. The van der Waals surface area contributed by atoms with E-state index in [9.17, 15) is 9.59 Å². The lowest BCUT2D eigenvalue weighted by Crippen LogP contribution is -2.46. The van der Waals surface area contributed by atoms with Crippen molar-refractivity contribution in [3.8, 4) is 0 Å². The van der Waals surface area contributed by atoms with Crippen LogP contribution in [0.4, 0.5) is 0 Å². The van der Waals surface area contributed by atoms with Crippen LogP contribution in [0.15, 0.2) is 27.9 Å². The number of nitrogens with one attached hydrogen (secondary N) is 2. The van der Waals surface area contributed by atoms with Crippen LogP contribution in [0.3, 0.4) is 0 Å². The first-order valence-corrected chi connectivity index (χ1v) is 9.65. The number of nitrogens with zero attached hydrogens (tertiary/aromatic N) is 1. The Bertz CT molecular complexity index is 673. The van der Waals surface area contributed by atoms with Gasteiger partial charge >= 0.3 is 11.8 Å². The van der Waals surface area contributed by atoms with E-state index >= 15 is 0 Å². The maximum atomic E-state index is 11.9. The minimum Gasteiger partial charge on any atom is -0.467 e. The fraction of sp³-hybridized carbons (Fsp3) is 0.650. The standard InChI is InChI=1S/C20H27N3O3/c1-13(8-20-9-14-5-15(10-20)7-16(6-14)11-20)22-23-19(25)18(24)21-12-17-3-2-4-26-17/h2-4,14-16H,5-12H2,1H3,(H,21,24)(H,23,25)/b22-13+. The van der Waals surface area contributed by atoms with Gasteiger partial charge in [0, 0.05) is 5.71 Å². The first kappa shape index (κ1) is 17.3. The molecule has 0 spiro atoms. The van der Waals surface area contributed by atoms with Crippen molar-refractivity contribution in [1.82, 2.24) is 10.7 Å². The predicted molar refractivity (Wildman–Crippen MR) is 97.0 cm³/mol. The van der Waals surface area contributed by atoms with E-state index in [2.05, 4.69) is 15.8 Å². The molecular formula is C20H27N3O3. The molecule has 1 heterocycles. The number of hydrazone groups is 1. The summed E-state index contributed by atoms with van der Waals surface area (Å²) in [7, 11) is 0. The zero-order chi connectivity index (χ0) is 18.1. The van der Waals surface area contributed by atoms with Crippen molar-refractivity contribution in [3.63, 3.8) is 0 Å². The second-order valence-electron chi connectivity index (χ2n) is 8.64. The number of carbonyl (C=O) groups excluding carboxylic acids is 2. The van der Waals surface area contributed by atoms with Gasteiger partial charge in [-0.25, -0.2) is 5.43 Å². The van der Waals surface area contributed by atoms with E-state index < -0.39 is 11.8 Å². The average molecular weight is 357 g/mol. The smallest absolute Gasteiger partial charge is 0.329 e. The van der Waals surface area contributed by atoms with Crippen LogP contribution in [0.25, 0.3) is 0 Å². The summed E-state index contributed by atoms with van der Waals surface area (Å²) in [5.74, 6) is 1.87. The lowest BCUT2D eigenvalue weighted by atomic mass is 9.48. The zero-order valence-corrected chi connectivity index (χ0v) is 15.3. The van der Waals surface area contributed by atoms with Crippen molar-refractivity contribution in [2.45, 2.75) is 58.4 Å². The molecule has 4 aliphatic carbocycles. The van der Waals surface area contributed by atoms with Crippen LogP contribution in [0.5, 0.6) is 0 Å². The highest BCUT2D eigenvalue weighted by molar-refractivity contribution is 6.35. The van der Waals surface area contributed by atoms with E-state index in [-0.39, 0.29) is 6.54 Å². The topological polar surface area (TPSA) is 83.7 Å². The quantitative estimate of drug-likeness (QED) is 0.483. The van der Waals surface area contributed by atoms with Gasteiger partial charge in [-0.15, -0.1) is 0 Å². The molecule has 4 bridgehead atoms. The number of hydrogen-bond acceptors (Lipinski definition) is 4. The van der Waals surface area contributed by atoms with E-state index in [1.165, 1.54) is 44.8 Å². The molecule has 6 heteroatoms.